The van der Waals surface area contributed by atoms with Crippen LogP contribution in [-0.4, -0.2) is 44.0 Å². The van der Waals surface area contributed by atoms with Crippen molar-refractivity contribution in [2.24, 2.45) is 16.6 Å². The summed E-state index contributed by atoms with van der Waals surface area (Å²) in [5.41, 5.74) is 5.60. The van der Waals surface area contributed by atoms with Gasteiger partial charge in [-0.2, -0.15) is 0 Å². The number of guanidine groups is 1. The molecule has 88 valence electrons. The molecule has 5 nitrogen and oxygen atoms in total. The first-order valence-electron chi connectivity index (χ1n) is 5.17. The van der Waals surface area contributed by atoms with E-state index in [0.29, 0.717) is 31.4 Å². The molecule has 5 heteroatoms. The zero-order valence-corrected chi connectivity index (χ0v) is 10.1. The number of rotatable bonds is 5. The topological polar surface area (TPSA) is 70.7 Å². The van der Waals surface area contributed by atoms with Gasteiger partial charge in [0.1, 0.15) is 0 Å². The number of carbonyl (C=O) groups excluding carboxylic acids is 1. The highest BCUT2D eigenvalue weighted by molar-refractivity contribution is 5.79. The summed E-state index contributed by atoms with van der Waals surface area (Å²) in [4.78, 5) is 16.9. The Bertz CT molecular complexity index is 223. The third kappa shape index (κ3) is 7.78. The molecular weight excluding hydrogens is 192 g/mol. The Hall–Kier alpha value is -1.26. The summed E-state index contributed by atoms with van der Waals surface area (Å²) in [6, 6.07) is 0. The van der Waals surface area contributed by atoms with Crippen LogP contribution in [0.15, 0.2) is 4.99 Å². The molecule has 3 N–H and O–H groups in total. The molecule has 0 saturated heterocycles. The van der Waals surface area contributed by atoms with Crippen molar-refractivity contribution in [3.63, 3.8) is 0 Å². The van der Waals surface area contributed by atoms with Gasteiger partial charge in [-0.15, -0.1) is 0 Å². The average Bonchev–Trinajstić information content (AvgIpc) is 2.14. The maximum atomic E-state index is 11.2. The van der Waals surface area contributed by atoms with Gasteiger partial charge in [-0.1, -0.05) is 13.8 Å². The van der Waals surface area contributed by atoms with Crippen LogP contribution < -0.4 is 11.1 Å². The van der Waals surface area contributed by atoms with Gasteiger partial charge in [0.05, 0.1) is 0 Å². The lowest BCUT2D eigenvalue weighted by molar-refractivity contribution is -0.128. The first-order valence-corrected chi connectivity index (χ1v) is 5.17. The highest BCUT2D eigenvalue weighted by Crippen LogP contribution is 1.90. The van der Waals surface area contributed by atoms with Crippen LogP contribution in [0.4, 0.5) is 0 Å². The van der Waals surface area contributed by atoms with Gasteiger partial charge in [0, 0.05) is 33.6 Å². The van der Waals surface area contributed by atoms with E-state index in [1.165, 1.54) is 0 Å². The fourth-order valence-electron chi connectivity index (χ4n) is 0.858. The predicted octanol–water partition coefficient (Wildman–Crippen LogP) is 0.0250. The largest absolute Gasteiger partial charge is 0.370 e. The molecule has 0 rings (SSSR count). The molecule has 0 bridgehead atoms. The summed E-state index contributed by atoms with van der Waals surface area (Å²) in [7, 11) is 3.47. The number of amides is 1. The van der Waals surface area contributed by atoms with Crippen molar-refractivity contribution in [3.8, 4) is 0 Å². The van der Waals surface area contributed by atoms with E-state index in [1.54, 1.807) is 19.0 Å². The van der Waals surface area contributed by atoms with E-state index >= 15 is 0 Å². The van der Waals surface area contributed by atoms with Crippen LogP contribution in [-0.2, 0) is 4.79 Å². The predicted molar refractivity (Wildman–Crippen MR) is 62.6 cm³/mol. The van der Waals surface area contributed by atoms with Crippen molar-refractivity contribution in [2.45, 2.75) is 20.3 Å². The molecular formula is C10H22N4O. The van der Waals surface area contributed by atoms with Crippen LogP contribution in [0.25, 0.3) is 0 Å². The van der Waals surface area contributed by atoms with Crippen molar-refractivity contribution < 1.29 is 4.79 Å². The van der Waals surface area contributed by atoms with E-state index in [9.17, 15) is 4.79 Å². The lowest BCUT2D eigenvalue weighted by Crippen LogP contribution is -2.35. The van der Waals surface area contributed by atoms with Crippen molar-refractivity contribution in [2.75, 3.05) is 27.2 Å². The molecule has 0 aliphatic heterocycles. The van der Waals surface area contributed by atoms with Crippen molar-refractivity contribution >= 4 is 11.9 Å². The highest BCUT2D eigenvalue weighted by Gasteiger charge is 2.02. The van der Waals surface area contributed by atoms with Crippen LogP contribution in [0.5, 0.6) is 0 Å². The summed E-state index contributed by atoms with van der Waals surface area (Å²) in [6.07, 6.45) is 0.435. The van der Waals surface area contributed by atoms with Crippen LogP contribution in [0.3, 0.4) is 0 Å². The quantitative estimate of drug-likeness (QED) is 0.501. The third-order valence-corrected chi connectivity index (χ3v) is 1.77. The second-order valence-electron chi connectivity index (χ2n) is 4.08. The third-order valence-electron chi connectivity index (χ3n) is 1.77. The molecule has 0 radical (unpaired) electrons. The zero-order valence-electron chi connectivity index (χ0n) is 10.1. The van der Waals surface area contributed by atoms with E-state index in [2.05, 4.69) is 24.2 Å². The Morgan fingerprint density at radius 1 is 1.47 bits per heavy atom. The zero-order chi connectivity index (χ0) is 11.8. The molecule has 0 aliphatic rings. The van der Waals surface area contributed by atoms with E-state index in [0.717, 1.165) is 0 Å². The van der Waals surface area contributed by atoms with Crippen LogP contribution in [0.2, 0.25) is 0 Å². The number of nitrogens with two attached hydrogens (primary N) is 1. The van der Waals surface area contributed by atoms with Gasteiger partial charge >= 0.3 is 0 Å². The van der Waals surface area contributed by atoms with Gasteiger partial charge in [0.15, 0.2) is 5.96 Å². The summed E-state index contributed by atoms with van der Waals surface area (Å²) >= 11 is 0. The normalized spacial score (nSPS) is 11.7. The van der Waals surface area contributed by atoms with Crippen LogP contribution in [0, 0.1) is 5.92 Å². The minimum atomic E-state index is 0.0826. The standard InChI is InChI=1S/C10H22N4O/c1-8(2)7-13-10(11)12-6-5-9(15)14(3)4/h8H,5-7H2,1-4H3,(H3,11,12,13). The Morgan fingerprint density at radius 2 is 2.07 bits per heavy atom. The Morgan fingerprint density at radius 3 is 2.53 bits per heavy atom. The molecule has 0 saturated carbocycles. The molecule has 0 fully saturated rings. The summed E-state index contributed by atoms with van der Waals surface area (Å²) in [6.45, 7) is 5.39. The second kappa shape index (κ2) is 7.09. The molecule has 1 amide bonds. The highest BCUT2D eigenvalue weighted by atomic mass is 16.2. The SMILES string of the molecule is CC(C)CN=C(N)NCCC(=O)N(C)C. The minimum Gasteiger partial charge on any atom is -0.370 e. The van der Waals surface area contributed by atoms with E-state index in [4.69, 9.17) is 5.73 Å². The van der Waals surface area contributed by atoms with Gasteiger partial charge in [0.2, 0.25) is 5.91 Å². The van der Waals surface area contributed by atoms with Crippen LogP contribution in [0.1, 0.15) is 20.3 Å². The lowest BCUT2D eigenvalue weighted by atomic mass is 10.2. The van der Waals surface area contributed by atoms with Crippen LogP contribution >= 0.6 is 0 Å². The molecule has 0 heterocycles. The Labute approximate surface area is 91.7 Å². The maximum Gasteiger partial charge on any atom is 0.223 e. The van der Waals surface area contributed by atoms with Crippen molar-refractivity contribution in [1.29, 1.82) is 0 Å². The number of nitrogens with one attached hydrogen (secondary N) is 1. The van der Waals surface area contributed by atoms with Gasteiger partial charge < -0.3 is 16.0 Å². The monoisotopic (exact) mass is 214 g/mol. The van der Waals surface area contributed by atoms with Gasteiger partial charge in [0.25, 0.3) is 0 Å². The Balaban J connectivity index is 3.67. The average molecular weight is 214 g/mol. The summed E-state index contributed by atoms with van der Waals surface area (Å²) in [5.74, 6) is 0.989. The second-order valence-corrected chi connectivity index (χ2v) is 4.08. The molecule has 0 aromatic carbocycles. The van der Waals surface area contributed by atoms with Gasteiger partial charge in [-0.25, -0.2) is 0 Å². The van der Waals surface area contributed by atoms with Gasteiger partial charge in [-0.05, 0) is 5.92 Å². The molecule has 0 aromatic rings. The van der Waals surface area contributed by atoms with Gasteiger partial charge in [-0.3, -0.25) is 9.79 Å². The smallest absolute Gasteiger partial charge is 0.223 e. The maximum absolute atomic E-state index is 11.2. The lowest BCUT2D eigenvalue weighted by Gasteiger charge is -2.10. The van der Waals surface area contributed by atoms with Crippen molar-refractivity contribution in [3.05, 3.63) is 0 Å². The number of hydrogen-bond acceptors (Lipinski definition) is 2. The molecule has 0 aliphatic carbocycles. The molecule has 0 atom stereocenters. The number of aliphatic imine (C=N–C) groups is 1. The van der Waals surface area contributed by atoms with E-state index < -0.39 is 0 Å². The fraction of sp³-hybridized carbons (Fsp3) is 0.800. The van der Waals surface area contributed by atoms with Crippen molar-refractivity contribution in [1.82, 2.24) is 10.2 Å². The fourth-order valence-corrected chi connectivity index (χ4v) is 0.858. The molecule has 0 spiro atoms. The van der Waals surface area contributed by atoms with E-state index in [-0.39, 0.29) is 5.91 Å². The molecule has 0 aromatic heterocycles. The molecule has 15 heavy (non-hydrogen) atoms. The summed E-state index contributed by atoms with van der Waals surface area (Å²) in [5, 5.41) is 2.90. The first-order chi connectivity index (χ1) is 6.93. The first kappa shape index (κ1) is 13.7. The Kier molecular flexibility index (Phi) is 6.49. The number of carbonyl (C=O) groups is 1. The number of hydrogen-bond donors (Lipinski definition) is 2. The number of nitrogens with zero attached hydrogens (tertiary/aromatic N) is 2. The summed E-state index contributed by atoms with van der Waals surface area (Å²) < 4.78 is 0. The molecule has 0 unspecified atom stereocenters. The minimum absolute atomic E-state index is 0.0826. The van der Waals surface area contributed by atoms with E-state index in [1.807, 2.05) is 0 Å².